The van der Waals surface area contributed by atoms with Crippen LogP contribution in [-0.4, -0.2) is 33.6 Å². The normalized spacial score (nSPS) is 15.0. The molecule has 21 heavy (non-hydrogen) atoms. The van der Waals surface area contributed by atoms with Gasteiger partial charge in [0.25, 0.3) is 10.0 Å². The fourth-order valence-corrected chi connectivity index (χ4v) is 4.26. The van der Waals surface area contributed by atoms with Gasteiger partial charge in [-0.25, -0.2) is 18.0 Å². The maximum atomic E-state index is 12.0. The first-order chi connectivity index (χ1) is 9.92. The summed E-state index contributed by atoms with van der Waals surface area (Å²) in [5.41, 5.74) is -0.265. The molecule has 114 valence electrons. The Morgan fingerprint density at radius 3 is 2.29 bits per heavy atom. The third-order valence-electron chi connectivity index (χ3n) is 2.59. The Morgan fingerprint density at radius 1 is 1.19 bits per heavy atom. The Morgan fingerprint density at radius 2 is 1.76 bits per heavy atom. The van der Waals surface area contributed by atoms with Gasteiger partial charge in [0.05, 0.1) is 18.9 Å². The molecule has 0 saturated heterocycles. The number of ether oxygens (including phenoxy) is 2. The largest absolute Gasteiger partial charge is 0.462 e. The van der Waals surface area contributed by atoms with Crippen molar-refractivity contribution in [1.29, 1.82) is 0 Å². The molecular weight excluding hydrogens is 318 g/mol. The predicted octanol–water partition coefficient (Wildman–Crippen LogP) is 0.877. The van der Waals surface area contributed by atoms with Crippen molar-refractivity contribution in [1.82, 2.24) is 4.72 Å². The topological polar surface area (TPSA) is 98.8 Å². The summed E-state index contributed by atoms with van der Waals surface area (Å²) in [6, 6.07) is 1.52. The summed E-state index contributed by atoms with van der Waals surface area (Å²) in [7, 11) is -3.76. The van der Waals surface area contributed by atoms with Crippen molar-refractivity contribution < 1.29 is 27.5 Å². The fraction of sp³-hybridized carbons (Fsp3) is 0.333. The van der Waals surface area contributed by atoms with E-state index in [-0.39, 0.29) is 28.7 Å². The molecule has 0 fully saturated rings. The molecule has 1 aliphatic heterocycles. The Labute approximate surface area is 125 Å². The van der Waals surface area contributed by atoms with Gasteiger partial charge in [-0.3, -0.25) is 4.72 Å². The van der Waals surface area contributed by atoms with Crippen LogP contribution in [0.2, 0.25) is 0 Å². The zero-order valence-electron chi connectivity index (χ0n) is 11.3. The maximum Gasteiger partial charge on any atom is 0.347 e. The molecule has 0 amide bonds. The Hall–Kier alpha value is -1.87. The molecule has 1 aliphatic rings. The number of hydrogen-bond donors (Lipinski definition) is 1. The number of hydrogen-bond acceptors (Lipinski definition) is 7. The zero-order chi connectivity index (χ0) is 15.6. The van der Waals surface area contributed by atoms with Crippen molar-refractivity contribution in [2.75, 3.05) is 13.2 Å². The van der Waals surface area contributed by atoms with Crippen molar-refractivity contribution in [3.05, 3.63) is 22.6 Å². The van der Waals surface area contributed by atoms with E-state index < -0.39 is 27.5 Å². The SMILES string of the molecule is CCOC(=O)C(C(=O)OCC)=C1NS(=O)(=O)c2sccc21. The molecule has 0 atom stereocenters. The molecule has 0 aliphatic carbocycles. The van der Waals surface area contributed by atoms with Crippen molar-refractivity contribution in [3.63, 3.8) is 0 Å². The highest BCUT2D eigenvalue weighted by molar-refractivity contribution is 7.92. The number of rotatable bonds is 4. The zero-order valence-corrected chi connectivity index (χ0v) is 13.0. The lowest BCUT2D eigenvalue weighted by molar-refractivity contribution is -0.146. The summed E-state index contributed by atoms with van der Waals surface area (Å²) in [6.45, 7) is 3.27. The van der Waals surface area contributed by atoms with Crippen molar-refractivity contribution in [2.45, 2.75) is 18.1 Å². The van der Waals surface area contributed by atoms with Crippen molar-refractivity contribution in [3.8, 4) is 0 Å². The van der Waals surface area contributed by atoms with E-state index in [9.17, 15) is 18.0 Å². The summed E-state index contributed by atoms with van der Waals surface area (Å²) in [5, 5.41) is 1.57. The second kappa shape index (κ2) is 5.86. The van der Waals surface area contributed by atoms with Crippen LogP contribution in [0.15, 0.2) is 21.2 Å². The highest BCUT2D eigenvalue weighted by atomic mass is 32.2. The van der Waals surface area contributed by atoms with Crippen LogP contribution in [0.25, 0.3) is 5.70 Å². The lowest BCUT2D eigenvalue weighted by atomic mass is 10.1. The number of carbonyl (C=O) groups excluding carboxylic acids is 2. The van der Waals surface area contributed by atoms with Gasteiger partial charge in [0, 0.05) is 5.56 Å². The average Bonchev–Trinajstić information content (AvgIpc) is 2.95. The minimum atomic E-state index is -3.76. The Bertz CT molecular complexity index is 696. The van der Waals surface area contributed by atoms with Crippen LogP contribution in [-0.2, 0) is 29.1 Å². The van der Waals surface area contributed by atoms with Crippen LogP contribution in [0.1, 0.15) is 19.4 Å². The van der Waals surface area contributed by atoms with Crippen LogP contribution in [0.4, 0.5) is 0 Å². The second-order valence-electron chi connectivity index (χ2n) is 3.92. The summed E-state index contributed by atoms with van der Waals surface area (Å²) in [4.78, 5) is 24.0. The standard InChI is InChI=1S/C12H13NO6S2/c1-3-18-10(14)8(11(15)19-4-2)9-7-5-6-20-12(7)21(16,17)13-9/h5-6,13H,3-4H2,1-2H3. The molecule has 9 heteroatoms. The van der Waals surface area contributed by atoms with Gasteiger partial charge >= 0.3 is 11.9 Å². The third kappa shape index (κ3) is 2.79. The molecule has 0 bridgehead atoms. The molecule has 0 saturated carbocycles. The molecule has 7 nitrogen and oxygen atoms in total. The molecule has 1 aromatic rings. The minimum Gasteiger partial charge on any atom is -0.462 e. The highest BCUT2D eigenvalue weighted by Gasteiger charge is 2.38. The molecule has 0 radical (unpaired) electrons. The number of thiophene rings is 1. The van der Waals surface area contributed by atoms with Gasteiger partial charge < -0.3 is 9.47 Å². The third-order valence-corrected chi connectivity index (χ3v) is 5.42. The Balaban J connectivity index is 2.60. The Kier molecular flexibility index (Phi) is 4.33. The van der Waals surface area contributed by atoms with Crippen LogP contribution in [0.3, 0.4) is 0 Å². The number of carbonyl (C=O) groups is 2. The summed E-state index contributed by atoms with van der Waals surface area (Å²) < 4.78 is 35.8. The highest BCUT2D eigenvalue weighted by Crippen LogP contribution is 2.36. The van der Waals surface area contributed by atoms with E-state index in [1.54, 1.807) is 19.2 Å². The first kappa shape index (κ1) is 15.5. The van der Waals surface area contributed by atoms with Gasteiger partial charge in [0.1, 0.15) is 4.21 Å². The van der Waals surface area contributed by atoms with Gasteiger partial charge in [0.2, 0.25) is 0 Å². The first-order valence-electron chi connectivity index (χ1n) is 6.11. The van der Waals surface area contributed by atoms with Gasteiger partial charge in [0.15, 0.2) is 5.57 Å². The monoisotopic (exact) mass is 331 g/mol. The number of esters is 2. The number of sulfonamides is 1. The van der Waals surface area contributed by atoms with E-state index in [0.29, 0.717) is 0 Å². The number of fused-ring (bicyclic) bond motifs is 1. The maximum absolute atomic E-state index is 12.0. The smallest absolute Gasteiger partial charge is 0.347 e. The van der Waals surface area contributed by atoms with E-state index in [4.69, 9.17) is 9.47 Å². The quantitative estimate of drug-likeness (QED) is 0.380. The predicted molar refractivity (Wildman–Crippen MR) is 74.8 cm³/mol. The molecular formula is C12H13NO6S2. The van der Waals surface area contributed by atoms with Gasteiger partial charge in [-0.2, -0.15) is 0 Å². The second-order valence-corrected chi connectivity index (χ2v) is 6.71. The van der Waals surface area contributed by atoms with Crippen LogP contribution in [0.5, 0.6) is 0 Å². The van der Waals surface area contributed by atoms with Gasteiger partial charge in [-0.15, -0.1) is 11.3 Å². The number of nitrogens with one attached hydrogen (secondary N) is 1. The first-order valence-corrected chi connectivity index (χ1v) is 8.47. The van der Waals surface area contributed by atoms with E-state index >= 15 is 0 Å². The van der Waals surface area contributed by atoms with Crippen molar-refractivity contribution >= 4 is 39.0 Å². The summed E-state index contributed by atoms with van der Waals surface area (Å²) in [6.07, 6.45) is 0. The van der Waals surface area contributed by atoms with E-state index in [1.807, 2.05) is 0 Å². The van der Waals surface area contributed by atoms with Gasteiger partial charge in [-0.1, -0.05) is 0 Å². The van der Waals surface area contributed by atoms with Crippen LogP contribution >= 0.6 is 11.3 Å². The van der Waals surface area contributed by atoms with Crippen LogP contribution in [0, 0.1) is 0 Å². The molecule has 1 aromatic heterocycles. The van der Waals surface area contributed by atoms with Crippen LogP contribution < -0.4 is 4.72 Å². The molecule has 0 spiro atoms. The minimum absolute atomic E-state index is 0.0538. The molecule has 2 heterocycles. The summed E-state index contributed by atoms with van der Waals surface area (Å²) >= 11 is 1.00. The fourth-order valence-electron chi connectivity index (χ4n) is 1.80. The van der Waals surface area contributed by atoms with E-state index in [2.05, 4.69) is 4.72 Å². The average molecular weight is 331 g/mol. The molecule has 0 unspecified atom stereocenters. The summed E-state index contributed by atoms with van der Waals surface area (Å²) in [5.74, 6) is -1.85. The lowest BCUT2D eigenvalue weighted by Crippen LogP contribution is -2.24. The lowest BCUT2D eigenvalue weighted by Gasteiger charge is -2.09. The molecule has 2 rings (SSSR count). The molecule has 1 N–H and O–H groups in total. The van der Waals surface area contributed by atoms with E-state index in [1.165, 1.54) is 6.07 Å². The van der Waals surface area contributed by atoms with E-state index in [0.717, 1.165) is 11.3 Å². The van der Waals surface area contributed by atoms with Gasteiger partial charge in [-0.05, 0) is 25.3 Å². The molecule has 0 aromatic carbocycles. The van der Waals surface area contributed by atoms with Crippen molar-refractivity contribution in [2.24, 2.45) is 0 Å².